The predicted octanol–water partition coefficient (Wildman–Crippen LogP) is 4.21. The van der Waals surface area contributed by atoms with Crippen molar-refractivity contribution >= 4 is 37.8 Å². The van der Waals surface area contributed by atoms with Crippen LogP contribution in [-0.4, -0.2) is 20.4 Å². The van der Waals surface area contributed by atoms with Crippen LogP contribution in [0, 0.1) is 0 Å². The second-order valence-electron chi connectivity index (χ2n) is 5.32. The van der Waals surface area contributed by atoms with Crippen molar-refractivity contribution in [2.24, 2.45) is 0 Å². The number of imidazole rings is 1. The van der Waals surface area contributed by atoms with Gasteiger partial charge in [0.2, 0.25) is 0 Å². The molecule has 0 saturated carbocycles. The first-order valence-electron chi connectivity index (χ1n) is 7.12. The number of fused-ring (bicyclic) bond motifs is 3. The van der Waals surface area contributed by atoms with Crippen molar-refractivity contribution in [3.05, 3.63) is 58.3 Å². The van der Waals surface area contributed by atoms with Gasteiger partial charge in [-0.15, -0.1) is 0 Å². The summed E-state index contributed by atoms with van der Waals surface area (Å²) in [5, 5.41) is -0.603. The molecule has 1 unspecified atom stereocenters. The van der Waals surface area contributed by atoms with E-state index >= 15 is 0 Å². The van der Waals surface area contributed by atoms with Crippen LogP contribution in [0.5, 0.6) is 5.75 Å². The lowest BCUT2D eigenvalue weighted by Gasteiger charge is -2.18. The summed E-state index contributed by atoms with van der Waals surface area (Å²) in [6, 6.07) is 12.1. The Labute approximate surface area is 147 Å². The van der Waals surface area contributed by atoms with Gasteiger partial charge in [0, 0.05) is 10.0 Å². The van der Waals surface area contributed by atoms with E-state index in [1.807, 2.05) is 22.8 Å². The Morgan fingerprint density at radius 2 is 2.08 bits per heavy atom. The van der Waals surface area contributed by atoms with Crippen LogP contribution in [0.15, 0.2) is 46.9 Å². The minimum absolute atomic E-state index is 0.0375. The quantitative estimate of drug-likeness (QED) is 0.646. The average Bonchev–Trinajstić information content (AvgIpc) is 3.02. The molecule has 0 aliphatic carbocycles. The number of hydrogen-bond donors (Lipinski definition) is 0. The van der Waals surface area contributed by atoms with Gasteiger partial charge in [0.05, 0.1) is 27.6 Å². The molecule has 2 heterocycles. The molecule has 0 bridgehead atoms. The highest BCUT2D eigenvalue weighted by Crippen LogP contribution is 2.40. The molecule has 3 aromatic rings. The first kappa shape index (κ1) is 15.7. The molecule has 0 amide bonds. The molecule has 1 aliphatic heterocycles. The minimum atomic E-state index is -2.94. The Morgan fingerprint density at radius 1 is 1.29 bits per heavy atom. The Morgan fingerprint density at radius 3 is 2.88 bits per heavy atom. The minimum Gasteiger partial charge on any atom is -0.434 e. The van der Waals surface area contributed by atoms with E-state index in [0.29, 0.717) is 11.4 Å². The van der Waals surface area contributed by atoms with Gasteiger partial charge < -0.3 is 9.30 Å². The molecule has 0 saturated heterocycles. The zero-order valence-corrected chi connectivity index (χ0v) is 14.6. The number of ether oxygens (including phenoxy) is 1. The number of rotatable bonds is 3. The number of para-hydroxylation sites is 1. The highest BCUT2D eigenvalue weighted by Gasteiger charge is 2.35. The van der Waals surface area contributed by atoms with Crippen LogP contribution in [0.25, 0.3) is 11.0 Å². The molecular weight excluding hydrogens is 402 g/mol. The number of alkyl halides is 2. The molecule has 8 heteroatoms. The summed E-state index contributed by atoms with van der Waals surface area (Å²) in [5.74, 6) is 0.994. The van der Waals surface area contributed by atoms with E-state index in [1.165, 1.54) is 6.07 Å². The fourth-order valence-corrected chi connectivity index (χ4v) is 4.89. The molecule has 0 spiro atoms. The molecule has 2 aromatic carbocycles. The Kier molecular flexibility index (Phi) is 3.88. The average molecular weight is 413 g/mol. The smallest absolute Gasteiger partial charge is 0.387 e. The molecule has 1 aliphatic rings. The van der Waals surface area contributed by atoms with E-state index in [9.17, 15) is 13.0 Å². The molecule has 124 valence electrons. The molecule has 0 N–H and O–H groups in total. The lowest BCUT2D eigenvalue weighted by Crippen LogP contribution is -2.13. The van der Waals surface area contributed by atoms with Crippen LogP contribution in [-0.2, 0) is 16.6 Å². The summed E-state index contributed by atoms with van der Waals surface area (Å²) >= 11 is 3.42. The SMILES string of the molecule is O=S1Cc2nc3ccc(Br)cc3n2[C@@H]1c1ccccc1OC(F)F. The van der Waals surface area contributed by atoms with Crippen molar-refractivity contribution in [1.82, 2.24) is 9.55 Å². The molecule has 2 atom stereocenters. The topological polar surface area (TPSA) is 44.1 Å². The fourth-order valence-electron chi connectivity index (χ4n) is 2.97. The Balaban J connectivity index is 1.91. The maximum Gasteiger partial charge on any atom is 0.387 e. The van der Waals surface area contributed by atoms with Crippen molar-refractivity contribution in [2.45, 2.75) is 17.7 Å². The molecule has 0 fully saturated rings. The van der Waals surface area contributed by atoms with E-state index in [-0.39, 0.29) is 11.5 Å². The lowest BCUT2D eigenvalue weighted by molar-refractivity contribution is -0.0505. The largest absolute Gasteiger partial charge is 0.434 e. The zero-order valence-electron chi connectivity index (χ0n) is 12.2. The second-order valence-corrected chi connectivity index (χ2v) is 7.74. The fraction of sp³-hybridized carbons (Fsp3) is 0.188. The van der Waals surface area contributed by atoms with E-state index in [0.717, 1.165) is 15.5 Å². The summed E-state index contributed by atoms with van der Waals surface area (Å²) in [5.41, 5.74) is 2.05. The summed E-state index contributed by atoms with van der Waals surface area (Å²) in [7, 11) is -1.30. The number of nitrogens with zero attached hydrogens (tertiary/aromatic N) is 2. The molecule has 1 aromatic heterocycles. The molecular formula is C16H11BrF2N2O2S. The van der Waals surface area contributed by atoms with Crippen molar-refractivity contribution in [3.63, 3.8) is 0 Å². The van der Waals surface area contributed by atoms with Gasteiger partial charge in [-0.3, -0.25) is 4.21 Å². The lowest BCUT2D eigenvalue weighted by atomic mass is 10.2. The number of hydrogen-bond acceptors (Lipinski definition) is 3. The van der Waals surface area contributed by atoms with Crippen LogP contribution in [0.3, 0.4) is 0 Å². The third-order valence-corrected chi connectivity index (χ3v) is 5.88. The molecule has 4 rings (SSSR count). The first-order chi connectivity index (χ1) is 11.5. The van der Waals surface area contributed by atoms with Crippen LogP contribution in [0.2, 0.25) is 0 Å². The number of halogens is 3. The summed E-state index contributed by atoms with van der Waals surface area (Å²) in [6.45, 7) is -2.94. The molecule has 4 nitrogen and oxygen atoms in total. The van der Waals surface area contributed by atoms with Gasteiger partial charge in [-0.1, -0.05) is 34.1 Å². The van der Waals surface area contributed by atoms with Crippen LogP contribution >= 0.6 is 15.9 Å². The van der Waals surface area contributed by atoms with Crippen molar-refractivity contribution in [2.75, 3.05) is 0 Å². The third kappa shape index (κ3) is 2.53. The zero-order chi connectivity index (χ0) is 16.8. The molecule has 24 heavy (non-hydrogen) atoms. The monoisotopic (exact) mass is 412 g/mol. The summed E-state index contributed by atoms with van der Waals surface area (Å²) in [4.78, 5) is 4.51. The standard InChI is InChI=1S/C16H11BrF2N2O2S/c17-9-5-6-11-12(7-9)21-14(20-11)8-24(22)15(21)10-3-1-2-4-13(10)23-16(18)19/h1-7,15-16H,8H2/t15-,24?/m0/s1. The van der Waals surface area contributed by atoms with Crippen molar-refractivity contribution in [3.8, 4) is 5.75 Å². The molecule has 0 radical (unpaired) electrons. The highest BCUT2D eigenvalue weighted by atomic mass is 79.9. The normalized spacial score (nSPS) is 19.8. The van der Waals surface area contributed by atoms with Gasteiger partial charge in [0.15, 0.2) is 0 Å². The number of benzene rings is 2. The van der Waals surface area contributed by atoms with Gasteiger partial charge in [-0.2, -0.15) is 8.78 Å². The van der Waals surface area contributed by atoms with Gasteiger partial charge in [0.1, 0.15) is 16.9 Å². The number of aromatic nitrogens is 2. The van der Waals surface area contributed by atoms with Crippen molar-refractivity contribution < 1.29 is 17.7 Å². The predicted molar refractivity (Wildman–Crippen MR) is 90.5 cm³/mol. The highest BCUT2D eigenvalue weighted by molar-refractivity contribution is 9.10. The van der Waals surface area contributed by atoms with E-state index < -0.39 is 22.8 Å². The van der Waals surface area contributed by atoms with Crippen LogP contribution in [0.1, 0.15) is 16.8 Å². The maximum atomic E-state index is 12.7. The Bertz CT molecular complexity index is 960. The van der Waals surface area contributed by atoms with E-state index in [2.05, 4.69) is 25.7 Å². The van der Waals surface area contributed by atoms with Gasteiger partial charge >= 0.3 is 6.61 Å². The van der Waals surface area contributed by atoms with Crippen LogP contribution in [0.4, 0.5) is 8.78 Å². The van der Waals surface area contributed by atoms with Gasteiger partial charge in [-0.05, 0) is 24.3 Å². The summed E-state index contributed by atoms with van der Waals surface area (Å²) in [6.07, 6.45) is 0. The van der Waals surface area contributed by atoms with E-state index in [1.54, 1.807) is 18.2 Å². The van der Waals surface area contributed by atoms with E-state index in [4.69, 9.17) is 0 Å². The summed E-state index contributed by atoms with van der Waals surface area (Å²) < 4.78 is 45.4. The van der Waals surface area contributed by atoms with Gasteiger partial charge in [0.25, 0.3) is 0 Å². The van der Waals surface area contributed by atoms with Gasteiger partial charge in [-0.25, -0.2) is 4.98 Å². The maximum absolute atomic E-state index is 12.7. The first-order valence-corrected chi connectivity index (χ1v) is 9.29. The second kappa shape index (κ2) is 5.93. The third-order valence-electron chi connectivity index (χ3n) is 3.88. The van der Waals surface area contributed by atoms with Crippen molar-refractivity contribution in [1.29, 1.82) is 0 Å². The Hall–Kier alpha value is -1.80. The van der Waals surface area contributed by atoms with Crippen LogP contribution < -0.4 is 4.74 Å².